The van der Waals surface area contributed by atoms with Crippen LogP contribution in [-0.2, 0) is 4.79 Å². The molecule has 1 aliphatic heterocycles. The van der Waals surface area contributed by atoms with E-state index in [0.717, 1.165) is 11.4 Å². The highest BCUT2D eigenvalue weighted by molar-refractivity contribution is 6.04. The van der Waals surface area contributed by atoms with Crippen molar-refractivity contribution >= 4 is 17.4 Å². The molecule has 0 unspecified atom stereocenters. The maximum Gasteiger partial charge on any atom is 0.249 e. The van der Waals surface area contributed by atoms with Gasteiger partial charge in [0, 0.05) is 37.9 Å². The number of anilines is 2. The Kier molecular flexibility index (Phi) is 4.50. The lowest BCUT2D eigenvalue weighted by Gasteiger charge is -2.42. The van der Waals surface area contributed by atoms with Crippen LogP contribution < -0.4 is 9.80 Å². The van der Waals surface area contributed by atoms with Crippen LogP contribution in [0.5, 0.6) is 0 Å². The van der Waals surface area contributed by atoms with Crippen molar-refractivity contribution in [3.63, 3.8) is 0 Å². The fourth-order valence-electron chi connectivity index (χ4n) is 3.58. The second-order valence-electron chi connectivity index (χ2n) is 6.95. The predicted octanol–water partition coefficient (Wildman–Crippen LogP) is 2.09. The maximum absolute atomic E-state index is 12.8. The SMILES string of the molecule is CC[C@@H]1C(=O)N(C)c2cnc(-n3ccnc3-c3cncnc3)nc2N1C(C)C. The van der Waals surface area contributed by atoms with Crippen molar-refractivity contribution in [2.75, 3.05) is 16.8 Å². The van der Waals surface area contributed by atoms with Gasteiger partial charge in [-0.1, -0.05) is 6.92 Å². The van der Waals surface area contributed by atoms with E-state index in [1.165, 1.54) is 6.33 Å². The number of rotatable bonds is 4. The van der Waals surface area contributed by atoms with E-state index in [4.69, 9.17) is 4.98 Å². The number of carbonyl (C=O) groups excluding carboxylic acids is 1. The third kappa shape index (κ3) is 2.79. The Hall–Kier alpha value is -3.36. The average molecular weight is 378 g/mol. The van der Waals surface area contributed by atoms with Crippen LogP contribution in [0.3, 0.4) is 0 Å². The van der Waals surface area contributed by atoms with Gasteiger partial charge >= 0.3 is 0 Å². The number of likely N-dealkylation sites (N-methyl/N-ethyl adjacent to an activating group) is 1. The largest absolute Gasteiger partial charge is 0.340 e. The summed E-state index contributed by atoms with van der Waals surface area (Å²) in [5.41, 5.74) is 1.48. The van der Waals surface area contributed by atoms with Crippen molar-refractivity contribution in [3.05, 3.63) is 37.3 Å². The molecule has 0 radical (unpaired) electrons. The van der Waals surface area contributed by atoms with Crippen LogP contribution in [0.4, 0.5) is 11.5 Å². The molecule has 3 aromatic rings. The van der Waals surface area contributed by atoms with Gasteiger partial charge in [0.25, 0.3) is 0 Å². The molecule has 144 valence electrons. The van der Waals surface area contributed by atoms with Crippen molar-refractivity contribution in [2.24, 2.45) is 0 Å². The van der Waals surface area contributed by atoms with Gasteiger partial charge in [0.2, 0.25) is 11.9 Å². The molecule has 0 spiro atoms. The third-order valence-electron chi connectivity index (χ3n) is 4.91. The topological polar surface area (TPSA) is 92.9 Å². The van der Waals surface area contributed by atoms with Gasteiger partial charge in [-0.3, -0.25) is 9.36 Å². The van der Waals surface area contributed by atoms with Crippen LogP contribution in [0.25, 0.3) is 17.3 Å². The number of hydrogen-bond acceptors (Lipinski definition) is 7. The first-order chi connectivity index (χ1) is 13.5. The fourth-order valence-corrected chi connectivity index (χ4v) is 3.58. The first kappa shape index (κ1) is 18.0. The monoisotopic (exact) mass is 378 g/mol. The zero-order valence-electron chi connectivity index (χ0n) is 16.3. The van der Waals surface area contributed by atoms with Gasteiger partial charge in [-0.25, -0.2) is 19.9 Å². The summed E-state index contributed by atoms with van der Waals surface area (Å²) in [5, 5.41) is 0. The number of imidazole rings is 1. The maximum atomic E-state index is 12.8. The molecule has 9 nitrogen and oxygen atoms in total. The van der Waals surface area contributed by atoms with Crippen molar-refractivity contribution in [3.8, 4) is 17.3 Å². The normalized spacial score (nSPS) is 16.6. The highest BCUT2D eigenvalue weighted by Gasteiger charge is 2.38. The lowest BCUT2D eigenvalue weighted by Crippen LogP contribution is -2.55. The summed E-state index contributed by atoms with van der Waals surface area (Å²) in [6.45, 7) is 6.15. The number of hydrogen-bond donors (Lipinski definition) is 0. The molecule has 3 aromatic heterocycles. The highest BCUT2D eigenvalue weighted by Crippen LogP contribution is 2.36. The van der Waals surface area contributed by atoms with Crippen molar-refractivity contribution in [1.29, 1.82) is 0 Å². The Morgan fingerprint density at radius 3 is 2.57 bits per heavy atom. The van der Waals surface area contributed by atoms with E-state index in [-0.39, 0.29) is 18.0 Å². The summed E-state index contributed by atoms with van der Waals surface area (Å²) in [6.07, 6.45) is 10.8. The summed E-state index contributed by atoms with van der Waals surface area (Å²) >= 11 is 0. The minimum absolute atomic E-state index is 0.0600. The molecule has 0 aliphatic carbocycles. The average Bonchev–Trinajstić information content (AvgIpc) is 3.20. The number of fused-ring (bicyclic) bond motifs is 1. The van der Waals surface area contributed by atoms with Crippen LogP contribution in [0.15, 0.2) is 37.3 Å². The van der Waals surface area contributed by atoms with Gasteiger partial charge in [-0.05, 0) is 20.3 Å². The Morgan fingerprint density at radius 1 is 1.14 bits per heavy atom. The third-order valence-corrected chi connectivity index (χ3v) is 4.91. The summed E-state index contributed by atoms with van der Waals surface area (Å²) in [5.74, 6) is 1.95. The summed E-state index contributed by atoms with van der Waals surface area (Å²) < 4.78 is 1.80. The molecule has 9 heteroatoms. The molecule has 0 saturated carbocycles. The van der Waals surface area contributed by atoms with Crippen molar-refractivity contribution in [1.82, 2.24) is 29.5 Å². The standard InChI is InChI=1S/C19H22N8O/c1-5-14-18(28)25(4)15-10-23-19(24-17(15)27(14)12(2)3)26-7-6-22-16(26)13-8-20-11-21-9-13/h6-12,14H,5H2,1-4H3/t14-/m1/s1. The molecule has 1 atom stereocenters. The summed E-state index contributed by atoms with van der Waals surface area (Å²) in [7, 11) is 1.77. The minimum Gasteiger partial charge on any atom is -0.340 e. The molecule has 0 aromatic carbocycles. The van der Waals surface area contributed by atoms with E-state index < -0.39 is 0 Å². The fraction of sp³-hybridized carbons (Fsp3) is 0.368. The minimum atomic E-state index is -0.245. The van der Waals surface area contributed by atoms with E-state index >= 15 is 0 Å². The zero-order valence-corrected chi connectivity index (χ0v) is 16.3. The molecule has 4 rings (SSSR count). The Bertz CT molecular complexity index is 1000. The van der Waals surface area contributed by atoms with E-state index in [9.17, 15) is 4.79 Å². The molecule has 0 fully saturated rings. The van der Waals surface area contributed by atoms with Crippen molar-refractivity contribution in [2.45, 2.75) is 39.3 Å². The van der Waals surface area contributed by atoms with Crippen molar-refractivity contribution < 1.29 is 4.79 Å². The van der Waals surface area contributed by atoms with Gasteiger partial charge < -0.3 is 9.80 Å². The van der Waals surface area contributed by atoms with E-state index in [1.54, 1.807) is 47.5 Å². The van der Waals surface area contributed by atoms with Gasteiger partial charge in [0.15, 0.2) is 5.82 Å². The highest BCUT2D eigenvalue weighted by atomic mass is 16.2. The molecule has 0 N–H and O–H groups in total. The molecular formula is C19H22N8O. The van der Waals surface area contributed by atoms with Gasteiger partial charge in [0.1, 0.15) is 23.9 Å². The number of carbonyl (C=O) groups is 1. The van der Waals surface area contributed by atoms with Gasteiger partial charge in [0.05, 0.1) is 11.8 Å². The molecule has 0 saturated heterocycles. The van der Waals surface area contributed by atoms with Crippen LogP contribution in [0.2, 0.25) is 0 Å². The summed E-state index contributed by atoms with van der Waals surface area (Å²) in [4.78, 5) is 38.4. The predicted molar refractivity (Wildman–Crippen MR) is 105 cm³/mol. The van der Waals surface area contributed by atoms with Crippen LogP contribution in [0, 0.1) is 0 Å². The number of amides is 1. The second-order valence-corrected chi connectivity index (χ2v) is 6.95. The molecule has 1 amide bonds. The number of aromatic nitrogens is 6. The van der Waals surface area contributed by atoms with E-state index in [2.05, 4.69) is 38.7 Å². The molecule has 4 heterocycles. The lowest BCUT2D eigenvalue weighted by atomic mass is 10.1. The van der Waals surface area contributed by atoms with Crippen LogP contribution >= 0.6 is 0 Å². The Labute approximate surface area is 163 Å². The van der Waals surface area contributed by atoms with Gasteiger partial charge in [-0.15, -0.1) is 0 Å². The molecular weight excluding hydrogens is 356 g/mol. The lowest BCUT2D eigenvalue weighted by molar-refractivity contribution is -0.120. The Morgan fingerprint density at radius 2 is 1.89 bits per heavy atom. The first-order valence-electron chi connectivity index (χ1n) is 9.25. The van der Waals surface area contributed by atoms with E-state index in [0.29, 0.717) is 23.9 Å². The second kappa shape index (κ2) is 6.99. The van der Waals surface area contributed by atoms with Crippen LogP contribution in [-0.4, -0.2) is 54.5 Å². The molecule has 1 aliphatic rings. The molecule has 28 heavy (non-hydrogen) atoms. The smallest absolute Gasteiger partial charge is 0.249 e. The van der Waals surface area contributed by atoms with E-state index in [1.807, 2.05) is 6.92 Å². The quantitative estimate of drug-likeness (QED) is 0.686. The summed E-state index contributed by atoms with van der Waals surface area (Å²) in [6, 6.07) is -0.126. The first-order valence-corrected chi connectivity index (χ1v) is 9.25. The molecule has 0 bridgehead atoms. The van der Waals surface area contributed by atoms with Gasteiger partial charge in [-0.2, -0.15) is 4.98 Å². The van der Waals surface area contributed by atoms with Crippen LogP contribution in [0.1, 0.15) is 27.2 Å². The Balaban J connectivity index is 1.85. The number of nitrogens with zero attached hydrogens (tertiary/aromatic N) is 8. The zero-order chi connectivity index (χ0) is 19.8.